The number of benzene rings is 1. The van der Waals surface area contributed by atoms with Crippen LogP contribution in [0.5, 0.6) is 0 Å². The molecule has 8 nitrogen and oxygen atoms in total. The number of rotatable bonds is 4. The molecule has 3 amide bonds. The quantitative estimate of drug-likeness (QED) is 0.468. The van der Waals surface area contributed by atoms with Crippen molar-refractivity contribution in [2.24, 2.45) is 0 Å². The molecular weight excluding hydrogens is 549 g/mol. The summed E-state index contributed by atoms with van der Waals surface area (Å²) in [7, 11) is 0. The summed E-state index contributed by atoms with van der Waals surface area (Å²) in [6, 6.07) is 7.00. The number of fused-ring (bicyclic) bond motifs is 3. The number of anilines is 1. The standard InChI is InChI=1S/C28H22F5N5O3/c29-19-5-1-3-17(22(19)30)16-8-20(25(40)38(12-16)13-28(31,32)33)36-24(39)15-7-14-9-27(10-21(14)35-11-15)18-4-2-6-34-23(18)37-26(27)41/h1-7,11,16,20H,8-10,12-13H2,(H,36,39)(H,34,37,41)/t16-,20+,27?/m1/s1. The number of amides is 3. The van der Waals surface area contributed by atoms with Gasteiger partial charge in [-0.05, 0) is 42.2 Å². The Bertz CT molecular complexity index is 1600. The molecule has 3 aromatic rings. The average molecular weight is 572 g/mol. The first kappa shape index (κ1) is 26.8. The highest BCUT2D eigenvalue weighted by atomic mass is 19.4. The van der Waals surface area contributed by atoms with Gasteiger partial charge in [-0.15, -0.1) is 0 Å². The van der Waals surface area contributed by atoms with E-state index in [1.54, 1.807) is 24.4 Å². The van der Waals surface area contributed by atoms with E-state index in [0.717, 1.165) is 11.6 Å². The molecular formula is C28H22F5N5O3. The molecule has 212 valence electrons. The van der Waals surface area contributed by atoms with Crippen LogP contribution in [-0.4, -0.2) is 57.9 Å². The van der Waals surface area contributed by atoms with Crippen LogP contribution in [-0.2, 0) is 27.8 Å². The second-order valence-corrected chi connectivity index (χ2v) is 10.6. The lowest BCUT2D eigenvalue weighted by Gasteiger charge is -2.38. The molecule has 41 heavy (non-hydrogen) atoms. The molecule has 0 bridgehead atoms. The predicted molar refractivity (Wildman–Crippen MR) is 134 cm³/mol. The number of likely N-dealkylation sites (tertiary alicyclic amines) is 1. The van der Waals surface area contributed by atoms with Crippen LogP contribution in [0.15, 0.2) is 48.8 Å². The van der Waals surface area contributed by atoms with Gasteiger partial charge < -0.3 is 15.5 Å². The van der Waals surface area contributed by atoms with Gasteiger partial charge in [0.1, 0.15) is 18.4 Å². The fourth-order valence-electron chi connectivity index (χ4n) is 6.06. The smallest absolute Gasteiger partial charge is 0.340 e. The summed E-state index contributed by atoms with van der Waals surface area (Å²) in [5, 5.41) is 5.25. The van der Waals surface area contributed by atoms with Crippen molar-refractivity contribution in [2.45, 2.75) is 42.8 Å². The van der Waals surface area contributed by atoms with Crippen LogP contribution >= 0.6 is 0 Å². The monoisotopic (exact) mass is 571 g/mol. The molecule has 1 saturated heterocycles. The number of nitrogens with zero attached hydrogens (tertiary/aromatic N) is 3. The van der Waals surface area contributed by atoms with Gasteiger partial charge in [0.15, 0.2) is 11.6 Å². The van der Waals surface area contributed by atoms with E-state index in [-0.39, 0.29) is 29.9 Å². The lowest BCUT2D eigenvalue weighted by atomic mass is 9.80. The Morgan fingerprint density at radius 3 is 2.71 bits per heavy atom. The second-order valence-electron chi connectivity index (χ2n) is 10.6. The first-order valence-electron chi connectivity index (χ1n) is 12.8. The topological polar surface area (TPSA) is 104 Å². The van der Waals surface area contributed by atoms with Gasteiger partial charge in [-0.25, -0.2) is 13.8 Å². The zero-order chi connectivity index (χ0) is 29.1. The number of pyridine rings is 2. The Kier molecular flexibility index (Phi) is 6.27. The Morgan fingerprint density at radius 1 is 1.12 bits per heavy atom. The molecule has 0 saturated carbocycles. The van der Waals surface area contributed by atoms with Gasteiger partial charge >= 0.3 is 6.18 Å². The van der Waals surface area contributed by atoms with Crippen LogP contribution in [0.4, 0.5) is 27.8 Å². The summed E-state index contributed by atoms with van der Waals surface area (Å²) >= 11 is 0. The van der Waals surface area contributed by atoms with E-state index in [9.17, 15) is 36.3 Å². The summed E-state index contributed by atoms with van der Waals surface area (Å²) in [4.78, 5) is 48.2. The maximum Gasteiger partial charge on any atom is 0.406 e. The van der Waals surface area contributed by atoms with E-state index in [1.165, 1.54) is 18.3 Å². The Labute approximate surface area is 230 Å². The third kappa shape index (κ3) is 4.68. The fraction of sp³-hybridized carbons (Fsp3) is 0.321. The number of hydrogen-bond donors (Lipinski definition) is 2. The molecule has 6 rings (SSSR count). The first-order chi connectivity index (χ1) is 19.4. The minimum Gasteiger partial charge on any atom is -0.340 e. The number of piperidine rings is 1. The molecule has 2 N–H and O–H groups in total. The van der Waals surface area contributed by atoms with Crippen molar-refractivity contribution in [3.63, 3.8) is 0 Å². The fourth-order valence-corrected chi connectivity index (χ4v) is 6.06. The molecule has 1 aromatic carbocycles. The normalized spacial score (nSPS) is 23.4. The van der Waals surface area contributed by atoms with Crippen molar-refractivity contribution in [3.05, 3.63) is 88.4 Å². The molecule has 2 aliphatic heterocycles. The SMILES string of the molecule is O=C(N[C@H]1C[C@@H](c2cccc(F)c2F)CN(CC(F)(F)F)C1=O)c1cnc2c(c1)CC1(C2)C(=O)Nc2ncccc21. The first-order valence-corrected chi connectivity index (χ1v) is 12.8. The van der Waals surface area contributed by atoms with E-state index in [1.807, 2.05) is 0 Å². The van der Waals surface area contributed by atoms with Gasteiger partial charge in [-0.1, -0.05) is 18.2 Å². The molecule has 13 heteroatoms. The van der Waals surface area contributed by atoms with E-state index in [0.29, 0.717) is 28.4 Å². The van der Waals surface area contributed by atoms with Crippen LogP contribution in [0.25, 0.3) is 0 Å². The number of hydrogen-bond acceptors (Lipinski definition) is 5. The molecule has 3 aliphatic rings. The number of halogens is 5. The van der Waals surface area contributed by atoms with Crippen molar-refractivity contribution < 1.29 is 36.3 Å². The average Bonchev–Trinajstić information content (AvgIpc) is 3.44. The van der Waals surface area contributed by atoms with Gasteiger partial charge in [0.25, 0.3) is 5.91 Å². The van der Waals surface area contributed by atoms with E-state index >= 15 is 0 Å². The summed E-state index contributed by atoms with van der Waals surface area (Å²) in [6.45, 7) is -2.10. The Hall–Kier alpha value is -4.42. The van der Waals surface area contributed by atoms with Crippen LogP contribution in [0.1, 0.15) is 45.1 Å². The summed E-state index contributed by atoms with van der Waals surface area (Å²) < 4.78 is 68.2. The highest BCUT2D eigenvalue weighted by Crippen LogP contribution is 2.46. The number of alkyl halides is 3. The van der Waals surface area contributed by atoms with Crippen molar-refractivity contribution >= 4 is 23.5 Å². The largest absolute Gasteiger partial charge is 0.406 e. The lowest BCUT2D eigenvalue weighted by Crippen LogP contribution is -2.56. The number of carbonyl (C=O) groups is 3. The summed E-state index contributed by atoms with van der Waals surface area (Å²) in [6.07, 6.45) is -1.59. The maximum atomic E-state index is 14.5. The van der Waals surface area contributed by atoms with Crippen molar-refractivity contribution in [1.29, 1.82) is 0 Å². The van der Waals surface area contributed by atoms with E-state index < -0.39 is 60.1 Å². The molecule has 3 atom stereocenters. The number of aromatic nitrogens is 2. The third-order valence-corrected chi connectivity index (χ3v) is 7.94. The zero-order valence-corrected chi connectivity index (χ0v) is 21.3. The van der Waals surface area contributed by atoms with Crippen molar-refractivity contribution in [1.82, 2.24) is 20.2 Å². The van der Waals surface area contributed by atoms with Gasteiger partial charge in [0.05, 0.1) is 11.0 Å². The van der Waals surface area contributed by atoms with Crippen LogP contribution in [0.3, 0.4) is 0 Å². The molecule has 2 aromatic heterocycles. The van der Waals surface area contributed by atoms with Gasteiger partial charge in [-0.3, -0.25) is 19.4 Å². The molecule has 0 radical (unpaired) electrons. The maximum absolute atomic E-state index is 14.5. The number of carbonyl (C=O) groups excluding carboxylic acids is 3. The summed E-state index contributed by atoms with van der Waals surface area (Å²) in [5.74, 6) is -4.90. The Balaban J connectivity index is 1.25. The van der Waals surface area contributed by atoms with Crippen molar-refractivity contribution in [3.8, 4) is 0 Å². The van der Waals surface area contributed by atoms with Gasteiger partial charge in [0.2, 0.25) is 11.8 Å². The lowest BCUT2D eigenvalue weighted by molar-refractivity contribution is -0.165. The van der Waals surface area contributed by atoms with E-state index in [2.05, 4.69) is 20.6 Å². The molecule has 1 aliphatic carbocycles. The third-order valence-electron chi connectivity index (χ3n) is 7.94. The molecule has 1 unspecified atom stereocenters. The molecule has 4 heterocycles. The second kappa shape index (κ2) is 9.60. The summed E-state index contributed by atoms with van der Waals surface area (Å²) in [5.41, 5.74) is 0.909. The van der Waals surface area contributed by atoms with Crippen LogP contribution in [0.2, 0.25) is 0 Å². The highest BCUT2D eigenvalue weighted by molar-refractivity contribution is 6.06. The van der Waals surface area contributed by atoms with Gasteiger partial charge in [-0.2, -0.15) is 13.2 Å². The van der Waals surface area contributed by atoms with Crippen LogP contribution in [0, 0.1) is 11.6 Å². The Morgan fingerprint density at radius 2 is 1.93 bits per heavy atom. The minimum absolute atomic E-state index is 0.0415. The van der Waals surface area contributed by atoms with Crippen LogP contribution < -0.4 is 10.6 Å². The minimum atomic E-state index is -4.74. The van der Waals surface area contributed by atoms with Crippen molar-refractivity contribution in [2.75, 3.05) is 18.4 Å². The van der Waals surface area contributed by atoms with Gasteiger partial charge in [0, 0.05) is 42.5 Å². The molecule has 1 fully saturated rings. The number of nitrogens with one attached hydrogen (secondary N) is 2. The highest BCUT2D eigenvalue weighted by Gasteiger charge is 2.52. The van der Waals surface area contributed by atoms with E-state index in [4.69, 9.17) is 0 Å². The zero-order valence-electron chi connectivity index (χ0n) is 21.3. The molecule has 1 spiro atoms. The predicted octanol–water partition coefficient (Wildman–Crippen LogP) is 3.42.